The lowest BCUT2D eigenvalue weighted by molar-refractivity contribution is -0.413. The van der Waals surface area contributed by atoms with E-state index < -0.39 is 12.1 Å². The van der Waals surface area contributed by atoms with Crippen molar-refractivity contribution >= 4 is 0 Å². The van der Waals surface area contributed by atoms with Crippen molar-refractivity contribution in [2.24, 2.45) is 0 Å². The van der Waals surface area contributed by atoms with Gasteiger partial charge in [0.15, 0.2) is 6.10 Å². The van der Waals surface area contributed by atoms with Gasteiger partial charge in [0.2, 0.25) is 0 Å². The molecule has 0 aliphatic carbocycles. The van der Waals surface area contributed by atoms with Gasteiger partial charge in [-0.25, -0.2) is 0 Å². The van der Waals surface area contributed by atoms with Crippen LogP contribution >= 0.6 is 0 Å². The molecule has 16 heavy (non-hydrogen) atoms. The Kier molecular flexibility index (Phi) is 8.78. The van der Waals surface area contributed by atoms with E-state index in [0.29, 0.717) is 26.4 Å². The molecule has 0 aromatic heterocycles. The van der Waals surface area contributed by atoms with E-state index in [-0.39, 0.29) is 6.61 Å². The summed E-state index contributed by atoms with van der Waals surface area (Å²) >= 11 is 0. The van der Waals surface area contributed by atoms with Crippen molar-refractivity contribution in [3.8, 4) is 0 Å². The molecule has 0 saturated heterocycles. The second-order valence-electron chi connectivity index (χ2n) is 3.08. The van der Waals surface area contributed by atoms with Crippen LogP contribution in [0.3, 0.4) is 0 Å². The third-order valence-corrected chi connectivity index (χ3v) is 1.92. The molecule has 0 aromatic rings. The highest BCUT2D eigenvalue weighted by Crippen LogP contribution is 2.21. The van der Waals surface area contributed by atoms with Gasteiger partial charge < -0.3 is 24.1 Å². The Balaban J connectivity index is 4.54. The maximum absolute atomic E-state index is 9.98. The average molecular weight is 236 g/mol. The lowest BCUT2D eigenvalue weighted by atomic mass is 10.3. The Morgan fingerprint density at radius 3 is 1.62 bits per heavy atom. The zero-order valence-corrected chi connectivity index (χ0v) is 10.7. The van der Waals surface area contributed by atoms with Crippen LogP contribution in [-0.2, 0) is 18.9 Å². The second kappa shape index (κ2) is 8.90. The third kappa shape index (κ3) is 4.76. The summed E-state index contributed by atoms with van der Waals surface area (Å²) in [4.78, 5) is 0. The van der Waals surface area contributed by atoms with Gasteiger partial charge in [-0.15, -0.1) is 0 Å². The lowest BCUT2D eigenvalue weighted by Gasteiger charge is -2.35. The molecular formula is C11H24O5. The maximum Gasteiger partial charge on any atom is 0.312 e. The van der Waals surface area contributed by atoms with Crippen molar-refractivity contribution in [3.63, 3.8) is 0 Å². The van der Waals surface area contributed by atoms with Gasteiger partial charge in [0, 0.05) is 26.4 Å². The number of hydrogen-bond acceptors (Lipinski definition) is 5. The Morgan fingerprint density at radius 2 is 1.31 bits per heavy atom. The molecule has 5 heteroatoms. The van der Waals surface area contributed by atoms with Gasteiger partial charge in [-0.3, -0.25) is 0 Å². The van der Waals surface area contributed by atoms with Gasteiger partial charge in [-0.2, -0.15) is 0 Å². The van der Waals surface area contributed by atoms with E-state index in [9.17, 15) is 5.11 Å². The van der Waals surface area contributed by atoms with E-state index in [1.807, 2.05) is 27.7 Å². The van der Waals surface area contributed by atoms with E-state index in [1.165, 1.54) is 0 Å². The van der Waals surface area contributed by atoms with Crippen molar-refractivity contribution in [1.29, 1.82) is 0 Å². The summed E-state index contributed by atoms with van der Waals surface area (Å²) in [5, 5.41) is 9.98. The predicted molar refractivity (Wildman–Crippen MR) is 60.1 cm³/mol. The summed E-state index contributed by atoms with van der Waals surface area (Å²) < 4.78 is 21.3. The van der Waals surface area contributed by atoms with Crippen LogP contribution in [0, 0.1) is 0 Å². The highest BCUT2D eigenvalue weighted by Gasteiger charge is 2.41. The molecule has 1 atom stereocenters. The number of aliphatic hydroxyl groups excluding tert-OH is 1. The number of aliphatic hydroxyl groups is 1. The molecule has 98 valence electrons. The largest absolute Gasteiger partial charge is 0.382 e. The molecule has 0 aromatic carbocycles. The summed E-state index contributed by atoms with van der Waals surface area (Å²) in [6.45, 7) is 9.14. The molecule has 0 saturated carbocycles. The fourth-order valence-corrected chi connectivity index (χ4v) is 1.35. The number of hydrogen-bond donors (Lipinski definition) is 1. The van der Waals surface area contributed by atoms with Crippen molar-refractivity contribution < 1.29 is 24.1 Å². The number of rotatable bonds is 10. The molecule has 0 rings (SSSR count). The number of ether oxygens (including phenoxy) is 4. The van der Waals surface area contributed by atoms with Crippen molar-refractivity contribution in [2.45, 2.75) is 39.8 Å². The van der Waals surface area contributed by atoms with Crippen LogP contribution in [0.5, 0.6) is 0 Å². The van der Waals surface area contributed by atoms with Crippen LogP contribution in [0.1, 0.15) is 27.7 Å². The van der Waals surface area contributed by atoms with E-state index in [2.05, 4.69) is 0 Å². The predicted octanol–water partition coefficient (Wildman–Crippen LogP) is 1.15. The Morgan fingerprint density at radius 1 is 0.875 bits per heavy atom. The summed E-state index contributed by atoms with van der Waals surface area (Å²) in [6.07, 6.45) is -0.965. The van der Waals surface area contributed by atoms with Crippen molar-refractivity contribution in [1.82, 2.24) is 0 Å². The normalized spacial score (nSPS) is 14.1. The molecule has 0 heterocycles. The zero-order valence-electron chi connectivity index (χ0n) is 10.7. The standard InChI is InChI=1S/C11H24O5/c1-5-13-9-10(12)11(14-6-2,15-7-3)16-8-4/h10,12H,5-9H2,1-4H3. The van der Waals surface area contributed by atoms with Crippen molar-refractivity contribution in [3.05, 3.63) is 0 Å². The fourth-order valence-electron chi connectivity index (χ4n) is 1.35. The molecule has 0 bridgehead atoms. The third-order valence-electron chi connectivity index (χ3n) is 1.92. The second-order valence-corrected chi connectivity index (χ2v) is 3.08. The van der Waals surface area contributed by atoms with E-state index >= 15 is 0 Å². The first-order valence-corrected chi connectivity index (χ1v) is 5.84. The molecular weight excluding hydrogens is 212 g/mol. The minimum Gasteiger partial charge on any atom is -0.382 e. The Hall–Kier alpha value is -0.200. The summed E-state index contributed by atoms with van der Waals surface area (Å²) in [5.41, 5.74) is 0. The zero-order chi connectivity index (χ0) is 12.4. The van der Waals surface area contributed by atoms with Crippen LogP contribution in [-0.4, -0.2) is 50.2 Å². The molecule has 1 N–H and O–H groups in total. The monoisotopic (exact) mass is 236 g/mol. The molecule has 0 aliphatic heterocycles. The van der Waals surface area contributed by atoms with Crippen LogP contribution in [0.2, 0.25) is 0 Å². The minimum atomic E-state index is -1.41. The van der Waals surface area contributed by atoms with Gasteiger partial charge in [0.05, 0.1) is 6.61 Å². The molecule has 0 radical (unpaired) electrons. The van der Waals surface area contributed by atoms with E-state index in [1.54, 1.807) is 0 Å². The van der Waals surface area contributed by atoms with Gasteiger partial charge in [0.25, 0.3) is 0 Å². The molecule has 5 nitrogen and oxygen atoms in total. The van der Waals surface area contributed by atoms with E-state index in [0.717, 1.165) is 0 Å². The van der Waals surface area contributed by atoms with Gasteiger partial charge in [-0.05, 0) is 27.7 Å². The molecule has 0 amide bonds. The van der Waals surface area contributed by atoms with Crippen LogP contribution < -0.4 is 0 Å². The van der Waals surface area contributed by atoms with Gasteiger partial charge in [0.1, 0.15) is 0 Å². The quantitative estimate of drug-likeness (QED) is 0.577. The smallest absolute Gasteiger partial charge is 0.312 e. The first-order chi connectivity index (χ1) is 7.66. The maximum atomic E-state index is 9.98. The molecule has 1 unspecified atom stereocenters. The van der Waals surface area contributed by atoms with Crippen LogP contribution in [0.4, 0.5) is 0 Å². The summed E-state index contributed by atoms with van der Waals surface area (Å²) in [7, 11) is 0. The lowest BCUT2D eigenvalue weighted by Crippen LogP contribution is -2.52. The fraction of sp³-hybridized carbons (Fsp3) is 1.00. The summed E-state index contributed by atoms with van der Waals surface area (Å²) in [5.74, 6) is -1.41. The van der Waals surface area contributed by atoms with Crippen LogP contribution in [0.15, 0.2) is 0 Å². The average Bonchev–Trinajstić information content (AvgIpc) is 2.26. The van der Waals surface area contributed by atoms with Crippen molar-refractivity contribution in [2.75, 3.05) is 33.0 Å². The minimum absolute atomic E-state index is 0.122. The van der Waals surface area contributed by atoms with Gasteiger partial charge in [-0.1, -0.05) is 0 Å². The first-order valence-electron chi connectivity index (χ1n) is 5.84. The topological polar surface area (TPSA) is 57.2 Å². The first kappa shape index (κ1) is 15.8. The van der Waals surface area contributed by atoms with Gasteiger partial charge >= 0.3 is 5.97 Å². The Labute approximate surface area is 97.6 Å². The highest BCUT2D eigenvalue weighted by atomic mass is 16.9. The molecule has 0 fully saturated rings. The van der Waals surface area contributed by atoms with E-state index in [4.69, 9.17) is 18.9 Å². The highest BCUT2D eigenvalue weighted by molar-refractivity contribution is 4.70. The van der Waals surface area contributed by atoms with Crippen LogP contribution in [0.25, 0.3) is 0 Å². The summed E-state index contributed by atoms with van der Waals surface area (Å²) in [6, 6.07) is 0. The Bertz CT molecular complexity index is 145. The molecule has 0 spiro atoms. The SMILES string of the molecule is CCOCC(O)C(OCC)(OCC)OCC. The molecule has 0 aliphatic rings.